The van der Waals surface area contributed by atoms with Crippen molar-refractivity contribution >= 4 is 38.9 Å². The van der Waals surface area contributed by atoms with Crippen molar-refractivity contribution < 1.29 is 17.6 Å². The minimum absolute atomic E-state index is 0.127. The highest BCUT2D eigenvalue weighted by Crippen LogP contribution is 2.24. The molecule has 0 aliphatic heterocycles. The molecule has 0 saturated heterocycles. The van der Waals surface area contributed by atoms with Gasteiger partial charge in [0.15, 0.2) is 0 Å². The fourth-order valence-electron chi connectivity index (χ4n) is 2.83. The first-order chi connectivity index (χ1) is 14.2. The summed E-state index contributed by atoms with van der Waals surface area (Å²) in [7, 11) is -0.643. The fraction of sp³-hybridized carbons (Fsp3) is 0.136. The van der Waals surface area contributed by atoms with Crippen LogP contribution < -0.4 is 9.21 Å². The topological polar surface area (TPSA) is 57.7 Å². The standard InChI is InChI=1S/C22H20ClFN2O3S/c1-25(19-11-7-18(24)8-12-19)22(27)15-16-3-9-20(10-4-16)26(2)30(28,29)21-13-5-17(23)6-14-21/h3-14H,15H2,1-2H3. The fourth-order valence-corrected chi connectivity index (χ4v) is 4.15. The van der Waals surface area contributed by atoms with Crippen LogP contribution in [0.4, 0.5) is 15.8 Å². The Balaban J connectivity index is 1.71. The van der Waals surface area contributed by atoms with Gasteiger partial charge in [-0.05, 0) is 66.2 Å². The number of halogens is 2. The van der Waals surface area contributed by atoms with Crippen molar-refractivity contribution in [2.45, 2.75) is 11.3 Å². The van der Waals surface area contributed by atoms with Gasteiger partial charge in [-0.15, -0.1) is 0 Å². The lowest BCUT2D eigenvalue weighted by atomic mass is 10.1. The van der Waals surface area contributed by atoms with E-state index < -0.39 is 10.0 Å². The van der Waals surface area contributed by atoms with Crippen LogP contribution in [0.15, 0.2) is 77.7 Å². The SMILES string of the molecule is CN(C(=O)Cc1ccc(N(C)S(=O)(=O)c2ccc(Cl)cc2)cc1)c1ccc(F)cc1. The van der Waals surface area contributed by atoms with E-state index in [9.17, 15) is 17.6 Å². The maximum absolute atomic E-state index is 13.1. The number of benzene rings is 3. The Kier molecular flexibility index (Phi) is 6.43. The molecule has 0 fully saturated rings. The van der Waals surface area contributed by atoms with E-state index in [1.54, 1.807) is 31.3 Å². The number of carbonyl (C=O) groups is 1. The van der Waals surface area contributed by atoms with Crippen LogP contribution in [0.25, 0.3) is 0 Å². The third kappa shape index (κ3) is 4.80. The Morgan fingerprint density at radius 1 is 0.867 bits per heavy atom. The van der Waals surface area contributed by atoms with Crippen molar-refractivity contribution in [2.75, 3.05) is 23.3 Å². The van der Waals surface area contributed by atoms with Crippen LogP contribution >= 0.6 is 11.6 Å². The molecule has 0 radical (unpaired) electrons. The summed E-state index contributed by atoms with van der Waals surface area (Å²) in [6.07, 6.45) is 0.127. The number of anilines is 2. The molecule has 8 heteroatoms. The van der Waals surface area contributed by atoms with Crippen LogP contribution in [0.3, 0.4) is 0 Å². The average molecular weight is 447 g/mol. The summed E-state index contributed by atoms with van der Waals surface area (Å²) in [5.41, 5.74) is 1.79. The zero-order chi connectivity index (χ0) is 21.9. The Bertz CT molecular complexity index is 1130. The molecule has 3 aromatic carbocycles. The Labute approximate surface area is 180 Å². The number of carbonyl (C=O) groups excluding carboxylic acids is 1. The van der Waals surface area contributed by atoms with Gasteiger partial charge < -0.3 is 4.90 Å². The van der Waals surface area contributed by atoms with E-state index in [4.69, 9.17) is 11.6 Å². The molecule has 30 heavy (non-hydrogen) atoms. The van der Waals surface area contributed by atoms with Crippen LogP contribution in [-0.4, -0.2) is 28.4 Å². The maximum atomic E-state index is 13.1. The van der Waals surface area contributed by atoms with E-state index in [1.165, 1.54) is 64.8 Å². The van der Waals surface area contributed by atoms with Crippen molar-refractivity contribution in [3.05, 3.63) is 89.2 Å². The number of nitrogens with zero attached hydrogens (tertiary/aromatic N) is 2. The minimum Gasteiger partial charge on any atom is -0.315 e. The average Bonchev–Trinajstić information content (AvgIpc) is 2.74. The van der Waals surface area contributed by atoms with E-state index in [2.05, 4.69) is 0 Å². The summed E-state index contributed by atoms with van der Waals surface area (Å²) in [6, 6.07) is 18.3. The van der Waals surface area contributed by atoms with Crippen LogP contribution in [0.5, 0.6) is 0 Å². The first kappa shape index (κ1) is 21.8. The molecule has 0 atom stereocenters. The van der Waals surface area contributed by atoms with E-state index in [0.29, 0.717) is 16.4 Å². The van der Waals surface area contributed by atoms with Crippen LogP contribution in [0.1, 0.15) is 5.56 Å². The number of hydrogen-bond acceptors (Lipinski definition) is 3. The molecule has 156 valence electrons. The van der Waals surface area contributed by atoms with Gasteiger partial charge in [-0.2, -0.15) is 0 Å². The summed E-state index contributed by atoms with van der Waals surface area (Å²) in [6.45, 7) is 0. The molecule has 0 aliphatic carbocycles. The largest absolute Gasteiger partial charge is 0.315 e. The lowest BCUT2D eigenvalue weighted by Gasteiger charge is -2.20. The lowest BCUT2D eigenvalue weighted by Crippen LogP contribution is -2.28. The highest BCUT2D eigenvalue weighted by atomic mass is 35.5. The van der Waals surface area contributed by atoms with Crippen molar-refractivity contribution in [3.63, 3.8) is 0 Å². The highest BCUT2D eigenvalue weighted by molar-refractivity contribution is 7.92. The zero-order valence-electron chi connectivity index (χ0n) is 16.4. The predicted octanol–water partition coefficient (Wildman–Crippen LogP) is 4.51. The molecule has 0 aromatic heterocycles. The second-order valence-corrected chi connectivity index (χ2v) is 9.10. The predicted molar refractivity (Wildman–Crippen MR) is 117 cm³/mol. The van der Waals surface area contributed by atoms with Gasteiger partial charge in [-0.3, -0.25) is 9.10 Å². The Morgan fingerprint density at radius 2 is 1.40 bits per heavy atom. The Hall–Kier alpha value is -2.90. The zero-order valence-corrected chi connectivity index (χ0v) is 18.0. The molecule has 3 aromatic rings. The van der Waals surface area contributed by atoms with Gasteiger partial charge in [0.1, 0.15) is 5.82 Å². The van der Waals surface area contributed by atoms with Crippen LogP contribution in [-0.2, 0) is 21.2 Å². The summed E-state index contributed by atoms with van der Waals surface area (Å²) >= 11 is 5.83. The van der Waals surface area contributed by atoms with Gasteiger partial charge in [0.25, 0.3) is 10.0 Å². The maximum Gasteiger partial charge on any atom is 0.264 e. The molecular formula is C22H20ClFN2O3S. The summed E-state index contributed by atoms with van der Waals surface area (Å²) in [5, 5.41) is 0.455. The van der Waals surface area contributed by atoms with Gasteiger partial charge in [0.2, 0.25) is 5.91 Å². The van der Waals surface area contributed by atoms with E-state index in [1.807, 2.05) is 0 Å². The smallest absolute Gasteiger partial charge is 0.264 e. The highest BCUT2D eigenvalue weighted by Gasteiger charge is 2.21. The minimum atomic E-state index is -3.73. The molecule has 0 spiro atoms. The second kappa shape index (κ2) is 8.85. The van der Waals surface area contributed by atoms with Gasteiger partial charge in [-0.25, -0.2) is 12.8 Å². The van der Waals surface area contributed by atoms with Crippen molar-refractivity contribution in [1.82, 2.24) is 0 Å². The van der Waals surface area contributed by atoms with Gasteiger partial charge in [0.05, 0.1) is 17.0 Å². The van der Waals surface area contributed by atoms with Gasteiger partial charge in [0, 0.05) is 24.8 Å². The molecule has 0 saturated carbocycles. The molecule has 0 bridgehead atoms. The molecule has 0 unspecified atom stereocenters. The first-order valence-electron chi connectivity index (χ1n) is 9.04. The molecular weight excluding hydrogens is 427 g/mol. The number of hydrogen-bond donors (Lipinski definition) is 0. The number of rotatable bonds is 6. The third-order valence-corrected chi connectivity index (χ3v) is 6.77. The molecule has 0 heterocycles. The summed E-state index contributed by atoms with van der Waals surface area (Å²) in [4.78, 5) is 14.1. The Morgan fingerprint density at radius 3 is 1.97 bits per heavy atom. The quantitative estimate of drug-likeness (QED) is 0.559. The normalized spacial score (nSPS) is 11.2. The number of amides is 1. The number of sulfonamides is 1. The number of likely N-dealkylation sites (N-methyl/N-ethyl adjacent to an activating group) is 1. The molecule has 5 nitrogen and oxygen atoms in total. The van der Waals surface area contributed by atoms with Crippen molar-refractivity contribution in [1.29, 1.82) is 0 Å². The summed E-state index contributed by atoms with van der Waals surface area (Å²) in [5.74, 6) is -0.538. The van der Waals surface area contributed by atoms with Crippen LogP contribution in [0, 0.1) is 5.82 Å². The first-order valence-corrected chi connectivity index (χ1v) is 10.9. The van der Waals surface area contributed by atoms with E-state index in [0.717, 1.165) is 5.56 Å². The van der Waals surface area contributed by atoms with E-state index >= 15 is 0 Å². The van der Waals surface area contributed by atoms with Gasteiger partial charge >= 0.3 is 0 Å². The molecule has 0 N–H and O–H groups in total. The molecule has 0 aliphatic rings. The van der Waals surface area contributed by atoms with Crippen molar-refractivity contribution in [3.8, 4) is 0 Å². The summed E-state index contributed by atoms with van der Waals surface area (Å²) < 4.78 is 39.8. The van der Waals surface area contributed by atoms with E-state index in [-0.39, 0.29) is 23.0 Å². The monoisotopic (exact) mass is 446 g/mol. The van der Waals surface area contributed by atoms with Gasteiger partial charge in [-0.1, -0.05) is 23.7 Å². The molecule has 1 amide bonds. The van der Waals surface area contributed by atoms with Crippen LogP contribution in [0.2, 0.25) is 5.02 Å². The lowest BCUT2D eigenvalue weighted by molar-refractivity contribution is -0.117. The second-order valence-electron chi connectivity index (χ2n) is 6.70. The van der Waals surface area contributed by atoms with Crippen molar-refractivity contribution in [2.24, 2.45) is 0 Å². The molecule has 3 rings (SSSR count). The third-order valence-electron chi connectivity index (χ3n) is 4.72.